The summed E-state index contributed by atoms with van der Waals surface area (Å²) in [5, 5.41) is 13.9. The maximum atomic E-state index is 12.1. The number of nitrogens with zero attached hydrogens (tertiary/aromatic N) is 4. The number of para-hydroxylation sites is 1. The number of nitrogens with two attached hydrogens (primary N) is 1. The second-order valence-electron chi connectivity index (χ2n) is 7.58. The first-order chi connectivity index (χ1) is 18.0. The Balaban J connectivity index is 0.00000115. The molecule has 1 saturated heterocycles. The third kappa shape index (κ3) is 8.37. The van der Waals surface area contributed by atoms with Crippen LogP contribution >= 0.6 is 8.53 Å². The van der Waals surface area contributed by atoms with Crippen LogP contribution in [0.5, 0.6) is 5.75 Å². The minimum atomic E-state index is -1.60. The minimum absolute atomic E-state index is 0.121. The number of ether oxygens (including phenoxy) is 2. The van der Waals surface area contributed by atoms with E-state index in [4.69, 9.17) is 29.5 Å². The number of esters is 1. The van der Waals surface area contributed by atoms with E-state index >= 15 is 0 Å². The Labute approximate surface area is 218 Å². The van der Waals surface area contributed by atoms with Gasteiger partial charge >= 0.3 is 14.5 Å². The molecule has 3 heterocycles. The third-order valence-electron chi connectivity index (χ3n) is 5.20. The second-order valence-corrected chi connectivity index (χ2v) is 8.80. The van der Waals surface area contributed by atoms with Crippen molar-refractivity contribution in [3.63, 3.8) is 0 Å². The monoisotopic (exact) mass is 530 g/mol. The standard InChI is InChI=1S/C22H28N5O5P.C2H6.CHN/c1-3-29-22(28)15(2)26-33(32-16-7-5-4-6-8-16)30-13-17-9-12-20(31-17)18-10-11-19-21(23)24-14-25-27(18)19;2*1-2/h4-8,10-11,14-15,17,20,26H,3,9,12-13H2,1-2H3,(H2,23,24,25);1-2H3;1H. The van der Waals surface area contributed by atoms with Gasteiger partial charge in [-0.1, -0.05) is 32.0 Å². The van der Waals surface area contributed by atoms with E-state index < -0.39 is 14.6 Å². The Hall–Kier alpha value is -3.29. The molecule has 4 rings (SSSR count). The molecule has 0 amide bonds. The van der Waals surface area contributed by atoms with Crippen molar-refractivity contribution >= 4 is 25.8 Å². The average Bonchev–Trinajstić information content (AvgIpc) is 3.58. The van der Waals surface area contributed by atoms with Gasteiger partial charge in [-0.3, -0.25) is 4.79 Å². The summed E-state index contributed by atoms with van der Waals surface area (Å²) in [4.78, 5) is 16.1. The number of anilines is 1. The van der Waals surface area contributed by atoms with Crippen LogP contribution in [0.15, 0.2) is 48.8 Å². The lowest BCUT2D eigenvalue weighted by molar-refractivity contribution is -0.144. The summed E-state index contributed by atoms with van der Waals surface area (Å²) in [6, 6.07) is 12.6. The lowest BCUT2D eigenvalue weighted by Gasteiger charge is -2.23. The van der Waals surface area contributed by atoms with E-state index in [1.54, 1.807) is 18.4 Å². The number of nitrogen functional groups attached to an aromatic ring is 1. The van der Waals surface area contributed by atoms with Gasteiger partial charge < -0.3 is 24.3 Å². The summed E-state index contributed by atoms with van der Waals surface area (Å²) in [7, 11) is -1.60. The molecule has 0 radical (unpaired) electrons. The number of hydrogen-bond acceptors (Lipinski definition) is 10. The molecule has 0 bridgehead atoms. The molecule has 12 heteroatoms. The summed E-state index contributed by atoms with van der Waals surface area (Å²) in [6.45, 7) is 11.6. The van der Waals surface area contributed by atoms with Crippen molar-refractivity contribution in [3.8, 4) is 12.3 Å². The highest BCUT2D eigenvalue weighted by Crippen LogP contribution is 2.39. The maximum Gasteiger partial charge on any atom is 0.323 e. The number of carbonyl (C=O) groups excluding carboxylic acids is 1. The molecule has 1 aliphatic heterocycles. The molecular weight excluding hydrogens is 495 g/mol. The van der Waals surface area contributed by atoms with Crippen LogP contribution in [0.25, 0.3) is 5.52 Å². The van der Waals surface area contributed by atoms with E-state index in [2.05, 4.69) is 21.7 Å². The Kier molecular flexibility index (Phi) is 12.7. The third-order valence-corrected chi connectivity index (χ3v) is 6.56. The van der Waals surface area contributed by atoms with Gasteiger partial charge in [0.05, 0.1) is 25.0 Å². The van der Waals surface area contributed by atoms with E-state index in [0.29, 0.717) is 24.8 Å². The van der Waals surface area contributed by atoms with Gasteiger partial charge in [-0.2, -0.15) is 5.10 Å². The van der Waals surface area contributed by atoms with Crippen LogP contribution in [0.2, 0.25) is 0 Å². The molecule has 4 atom stereocenters. The Morgan fingerprint density at radius 1 is 1.27 bits per heavy atom. The number of nitrogens with one attached hydrogen (secondary N) is 1. The Bertz CT molecular complexity index is 1110. The van der Waals surface area contributed by atoms with E-state index in [1.165, 1.54) is 6.33 Å². The molecule has 1 aromatic carbocycles. The van der Waals surface area contributed by atoms with Crippen molar-refractivity contribution in [1.29, 1.82) is 5.26 Å². The predicted octanol–water partition coefficient (Wildman–Crippen LogP) is 4.56. The molecule has 3 aromatic rings. The van der Waals surface area contributed by atoms with Gasteiger partial charge in [-0.15, -0.1) is 0 Å². The molecule has 11 nitrogen and oxygen atoms in total. The van der Waals surface area contributed by atoms with Gasteiger partial charge in [0.25, 0.3) is 0 Å². The van der Waals surface area contributed by atoms with E-state index in [0.717, 1.165) is 24.1 Å². The van der Waals surface area contributed by atoms with E-state index in [-0.39, 0.29) is 18.2 Å². The van der Waals surface area contributed by atoms with Crippen molar-refractivity contribution < 1.29 is 23.3 Å². The lowest BCUT2D eigenvalue weighted by Crippen LogP contribution is -2.34. The molecule has 1 fully saturated rings. The zero-order valence-electron chi connectivity index (χ0n) is 21.6. The normalized spacial score (nSPS) is 18.0. The average molecular weight is 531 g/mol. The Morgan fingerprint density at radius 2 is 2.00 bits per heavy atom. The van der Waals surface area contributed by atoms with Crippen molar-refractivity contribution in [3.05, 3.63) is 54.5 Å². The highest BCUT2D eigenvalue weighted by molar-refractivity contribution is 7.45. The molecule has 0 aliphatic carbocycles. The van der Waals surface area contributed by atoms with Crippen LogP contribution in [-0.4, -0.2) is 45.9 Å². The molecule has 0 spiro atoms. The SMILES string of the molecule is C#N.CC.CCOC(=O)C(C)NP(OCC1CCC(c2ccc3c(N)ncnn23)O1)Oc1ccccc1. The van der Waals surface area contributed by atoms with Gasteiger partial charge in [0, 0.05) is 6.57 Å². The number of rotatable bonds is 10. The summed E-state index contributed by atoms with van der Waals surface area (Å²) in [5.74, 6) is 0.720. The predicted molar refractivity (Wildman–Crippen MR) is 141 cm³/mol. The number of fused-ring (bicyclic) bond motifs is 1. The molecule has 3 N–H and O–H groups in total. The molecule has 2 aromatic heterocycles. The number of aromatic nitrogens is 3. The first-order valence-electron chi connectivity index (χ1n) is 12.1. The van der Waals surface area contributed by atoms with Crippen LogP contribution < -0.4 is 15.3 Å². The minimum Gasteiger partial charge on any atom is -0.465 e. The zero-order chi connectivity index (χ0) is 27.2. The fourth-order valence-corrected chi connectivity index (χ4v) is 4.78. The van der Waals surface area contributed by atoms with Crippen LogP contribution in [0.4, 0.5) is 5.82 Å². The summed E-state index contributed by atoms with van der Waals surface area (Å²) in [5.41, 5.74) is 7.62. The summed E-state index contributed by atoms with van der Waals surface area (Å²) in [6.07, 6.45) is 2.84. The van der Waals surface area contributed by atoms with Crippen molar-refractivity contribution in [2.75, 3.05) is 18.9 Å². The summed E-state index contributed by atoms with van der Waals surface area (Å²) >= 11 is 0. The number of carbonyl (C=O) groups is 1. The quantitative estimate of drug-likeness (QED) is 0.282. The molecule has 1 aliphatic rings. The van der Waals surface area contributed by atoms with Gasteiger partial charge in [-0.25, -0.2) is 19.8 Å². The van der Waals surface area contributed by atoms with Crippen molar-refractivity contribution in [2.24, 2.45) is 0 Å². The fourth-order valence-electron chi connectivity index (χ4n) is 3.56. The fraction of sp³-hybridized carbons (Fsp3) is 0.440. The molecule has 4 unspecified atom stereocenters. The topological polar surface area (TPSA) is 146 Å². The van der Waals surface area contributed by atoms with E-state index in [1.807, 2.05) is 56.3 Å². The van der Waals surface area contributed by atoms with Crippen LogP contribution in [0, 0.1) is 11.8 Å². The van der Waals surface area contributed by atoms with Gasteiger partial charge in [0.15, 0.2) is 5.82 Å². The smallest absolute Gasteiger partial charge is 0.323 e. The molecule has 200 valence electrons. The van der Waals surface area contributed by atoms with E-state index in [9.17, 15) is 4.79 Å². The second kappa shape index (κ2) is 15.7. The number of nitriles is 1. The first kappa shape index (κ1) is 29.9. The van der Waals surface area contributed by atoms with Crippen LogP contribution in [-0.2, 0) is 18.8 Å². The van der Waals surface area contributed by atoms with Crippen molar-refractivity contribution in [1.82, 2.24) is 19.7 Å². The van der Waals surface area contributed by atoms with Crippen LogP contribution in [0.1, 0.15) is 52.3 Å². The zero-order valence-corrected chi connectivity index (χ0v) is 22.5. The highest BCUT2D eigenvalue weighted by atomic mass is 31.2. The number of hydrogen-bond donors (Lipinski definition) is 2. The Morgan fingerprint density at radius 3 is 2.70 bits per heavy atom. The first-order valence-corrected chi connectivity index (χ1v) is 13.3. The molecule has 37 heavy (non-hydrogen) atoms. The maximum absolute atomic E-state index is 12.1. The van der Waals surface area contributed by atoms with Crippen LogP contribution in [0.3, 0.4) is 0 Å². The lowest BCUT2D eigenvalue weighted by atomic mass is 10.1. The largest absolute Gasteiger partial charge is 0.465 e. The van der Waals surface area contributed by atoms with Gasteiger partial charge in [0.2, 0.25) is 0 Å². The van der Waals surface area contributed by atoms with Gasteiger partial charge in [0.1, 0.15) is 29.7 Å². The number of benzene rings is 1. The van der Waals surface area contributed by atoms with Gasteiger partial charge in [-0.05, 0) is 51.0 Å². The molecule has 0 saturated carbocycles. The molecular formula is C25H35N6O5P. The summed E-state index contributed by atoms with van der Waals surface area (Å²) < 4.78 is 25.1. The van der Waals surface area contributed by atoms with Crippen molar-refractivity contribution in [2.45, 2.75) is 58.8 Å². The highest BCUT2D eigenvalue weighted by Gasteiger charge is 2.31.